The smallest absolute Gasteiger partial charge is 0.406 e. The molecule has 3 fully saturated rings. The van der Waals surface area contributed by atoms with Crippen molar-refractivity contribution in [3.63, 3.8) is 0 Å². The lowest BCUT2D eigenvalue weighted by Gasteiger charge is -2.42. The molecule has 4 heterocycles. The van der Waals surface area contributed by atoms with Gasteiger partial charge in [-0.05, 0) is 60.1 Å². The summed E-state index contributed by atoms with van der Waals surface area (Å²) in [6.07, 6.45) is -4.78. The van der Waals surface area contributed by atoms with E-state index in [4.69, 9.17) is 0 Å². The van der Waals surface area contributed by atoms with E-state index in [1.807, 2.05) is 9.80 Å². The van der Waals surface area contributed by atoms with Crippen LogP contribution in [0.5, 0.6) is 5.75 Å². The summed E-state index contributed by atoms with van der Waals surface area (Å²) in [5.41, 5.74) is 2.70. The third kappa shape index (κ3) is 3.61. The third-order valence-corrected chi connectivity index (χ3v) is 8.12. The standard InChI is InChI=1S/C25H21F3N6O3/c26-25(27,28)37-14-3-1-12-5-22(29-20(12)7-14)24(36)34-10-17-15-8-33(9-16(15)18(17)11-34)23(35)13-2-4-19-21(6-13)31-32-30-19/h1-7,15-18,29H,8-11H2,(H,30,31,32)/t15-,16+,17?,18?. The van der Waals surface area contributed by atoms with Crippen molar-refractivity contribution in [2.45, 2.75) is 6.36 Å². The number of benzene rings is 2. The van der Waals surface area contributed by atoms with Crippen LogP contribution in [0.3, 0.4) is 0 Å². The first-order valence-electron chi connectivity index (χ1n) is 12.0. The molecule has 2 amide bonds. The van der Waals surface area contributed by atoms with Crippen molar-refractivity contribution in [2.24, 2.45) is 23.7 Å². The monoisotopic (exact) mass is 510 g/mol. The normalized spacial score (nSPS) is 24.8. The zero-order chi connectivity index (χ0) is 25.5. The molecule has 0 spiro atoms. The number of H-pyrrole nitrogens is 2. The summed E-state index contributed by atoms with van der Waals surface area (Å²) in [6.45, 7) is 2.54. The summed E-state index contributed by atoms with van der Waals surface area (Å²) < 4.78 is 41.6. The molecule has 9 nitrogen and oxygen atoms in total. The topological polar surface area (TPSA) is 107 Å². The molecule has 4 aromatic rings. The Kier molecular flexibility index (Phi) is 4.61. The number of carbonyl (C=O) groups excluding carboxylic acids is 2. The van der Waals surface area contributed by atoms with E-state index in [1.165, 1.54) is 18.2 Å². The predicted octanol–water partition coefficient (Wildman–Crippen LogP) is 3.43. The van der Waals surface area contributed by atoms with Gasteiger partial charge in [-0.15, -0.1) is 13.2 Å². The van der Waals surface area contributed by atoms with Crippen LogP contribution in [-0.4, -0.2) is 74.6 Å². The van der Waals surface area contributed by atoms with Gasteiger partial charge in [0.05, 0.1) is 0 Å². The Bertz CT molecular complexity index is 1540. The van der Waals surface area contributed by atoms with Crippen LogP contribution in [0.4, 0.5) is 13.2 Å². The molecule has 2 aromatic carbocycles. The Balaban J connectivity index is 1.02. The number of nitrogens with one attached hydrogen (secondary N) is 2. The van der Waals surface area contributed by atoms with Crippen LogP contribution in [0.2, 0.25) is 0 Å². The number of aromatic nitrogens is 4. The first-order valence-corrected chi connectivity index (χ1v) is 12.0. The van der Waals surface area contributed by atoms with Gasteiger partial charge in [-0.3, -0.25) is 9.59 Å². The fraction of sp³-hybridized carbons (Fsp3) is 0.360. The fourth-order valence-electron chi connectivity index (χ4n) is 6.45. The SMILES string of the molecule is O=C(c1ccc2n[nH]nc2c1)N1C[C@@H]2C3CN(C(=O)c4cc5ccc(OC(F)(F)F)cc5[nH]4)CC3[C@@H]2C1. The lowest BCUT2D eigenvalue weighted by atomic mass is 9.60. The summed E-state index contributed by atoms with van der Waals surface area (Å²) in [6, 6.07) is 10.9. The highest BCUT2D eigenvalue weighted by Gasteiger charge is 2.59. The molecule has 2 aromatic heterocycles. The van der Waals surface area contributed by atoms with Crippen molar-refractivity contribution in [1.29, 1.82) is 0 Å². The molecule has 190 valence electrons. The number of fused-ring (bicyclic) bond motifs is 6. The van der Waals surface area contributed by atoms with Crippen molar-refractivity contribution in [3.05, 3.63) is 53.7 Å². The number of rotatable bonds is 3. The highest BCUT2D eigenvalue weighted by Crippen LogP contribution is 2.54. The van der Waals surface area contributed by atoms with Crippen molar-refractivity contribution in [3.8, 4) is 5.75 Å². The number of ether oxygens (including phenoxy) is 1. The predicted molar refractivity (Wildman–Crippen MR) is 125 cm³/mol. The summed E-state index contributed by atoms with van der Waals surface area (Å²) >= 11 is 0. The minimum absolute atomic E-state index is 0.0164. The van der Waals surface area contributed by atoms with Gasteiger partial charge in [0, 0.05) is 48.7 Å². The number of likely N-dealkylation sites (tertiary alicyclic amines) is 2. The zero-order valence-corrected chi connectivity index (χ0v) is 19.3. The van der Waals surface area contributed by atoms with E-state index in [0.717, 1.165) is 0 Å². The molecule has 2 saturated heterocycles. The summed E-state index contributed by atoms with van der Waals surface area (Å²) in [4.78, 5) is 33.0. The molecule has 4 atom stereocenters. The van der Waals surface area contributed by atoms with Gasteiger partial charge in [-0.2, -0.15) is 15.4 Å². The quantitative estimate of drug-likeness (QED) is 0.439. The van der Waals surface area contributed by atoms with E-state index < -0.39 is 6.36 Å². The average molecular weight is 510 g/mol. The molecule has 2 unspecified atom stereocenters. The van der Waals surface area contributed by atoms with E-state index in [9.17, 15) is 22.8 Å². The zero-order valence-electron chi connectivity index (χ0n) is 19.3. The molecule has 0 bridgehead atoms. The van der Waals surface area contributed by atoms with Gasteiger partial charge in [-0.1, -0.05) is 0 Å². The highest BCUT2D eigenvalue weighted by molar-refractivity contribution is 5.99. The number of halogens is 3. The van der Waals surface area contributed by atoms with Gasteiger partial charge in [0.15, 0.2) is 0 Å². The van der Waals surface area contributed by atoms with Gasteiger partial charge in [0.25, 0.3) is 11.8 Å². The van der Waals surface area contributed by atoms with Gasteiger partial charge < -0.3 is 19.5 Å². The number of hydrogen-bond donors (Lipinski definition) is 2. The van der Waals surface area contributed by atoms with Crippen LogP contribution in [0.1, 0.15) is 20.8 Å². The maximum Gasteiger partial charge on any atom is 0.573 e. The molecule has 0 radical (unpaired) electrons. The Morgan fingerprint density at radius 3 is 2.16 bits per heavy atom. The number of hydrogen-bond acceptors (Lipinski definition) is 5. The number of amides is 2. The number of carbonyl (C=O) groups is 2. The maximum atomic E-state index is 13.2. The molecule has 2 aliphatic heterocycles. The minimum atomic E-state index is -4.78. The number of nitrogens with zero attached hydrogens (tertiary/aromatic N) is 4. The molecule has 3 aliphatic rings. The van der Waals surface area contributed by atoms with E-state index >= 15 is 0 Å². The van der Waals surface area contributed by atoms with Crippen molar-refractivity contribution >= 4 is 33.8 Å². The Morgan fingerprint density at radius 1 is 0.838 bits per heavy atom. The van der Waals surface area contributed by atoms with Gasteiger partial charge in [-0.25, -0.2) is 0 Å². The molecule has 2 N–H and O–H groups in total. The first kappa shape index (κ1) is 22.1. The van der Waals surface area contributed by atoms with E-state index in [1.54, 1.807) is 24.3 Å². The van der Waals surface area contributed by atoms with Crippen LogP contribution in [0, 0.1) is 23.7 Å². The van der Waals surface area contributed by atoms with Crippen molar-refractivity contribution in [2.75, 3.05) is 26.2 Å². The number of alkyl halides is 3. The minimum Gasteiger partial charge on any atom is -0.406 e. The second-order valence-corrected chi connectivity index (χ2v) is 10.1. The van der Waals surface area contributed by atoms with Crippen LogP contribution in [-0.2, 0) is 0 Å². The summed E-state index contributed by atoms with van der Waals surface area (Å²) in [5.74, 6) is 0.850. The van der Waals surface area contributed by atoms with E-state index in [0.29, 0.717) is 83.0 Å². The summed E-state index contributed by atoms with van der Waals surface area (Å²) in [7, 11) is 0. The average Bonchev–Trinajstić information content (AvgIpc) is 3.63. The van der Waals surface area contributed by atoms with Gasteiger partial charge in [0.2, 0.25) is 0 Å². The van der Waals surface area contributed by atoms with Crippen LogP contribution >= 0.6 is 0 Å². The Labute approximate surface area is 207 Å². The molecule has 1 aliphatic carbocycles. The molecular formula is C25H21F3N6O3. The molecule has 12 heteroatoms. The van der Waals surface area contributed by atoms with Crippen LogP contribution in [0.25, 0.3) is 21.9 Å². The van der Waals surface area contributed by atoms with Crippen LogP contribution in [0.15, 0.2) is 42.5 Å². The van der Waals surface area contributed by atoms with Crippen molar-refractivity contribution in [1.82, 2.24) is 30.2 Å². The Morgan fingerprint density at radius 2 is 1.49 bits per heavy atom. The lowest BCUT2D eigenvalue weighted by Crippen LogP contribution is -2.44. The third-order valence-electron chi connectivity index (χ3n) is 8.12. The number of aromatic amines is 2. The fourth-order valence-corrected chi connectivity index (χ4v) is 6.45. The first-order chi connectivity index (χ1) is 17.7. The van der Waals surface area contributed by atoms with Gasteiger partial charge in [0.1, 0.15) is 22.5 Å². The van der Waals surface area contributed by atoms with Crippen molar-refractivity contribution < 1.29 is 27.5 Å². The molecule has 37 heavy (non-hydrogen) atoms. The van der Waals surface area contributed by atoms with Gasteiger partial charge >= 0.3 is 6.36 Å². The van der Waals surface area contributed by atoms with E-state index in [-0.39, 0.29) is 17.6 Å². The second kappa shape index (κ2) is 7.70. The van der Waals surface area contributed by atoms with Crippen LogP contribution < -0.4 is 4.74 Å². The second-order valence-electron chi connectivity index (χ2n) is 10.1. The molecular weight excluding hydrogens is 489 g/mol. The largest absolute Gasteiger partial charge is 0.573 e. The maximum absolute atomic E-state index is 13.2. The summed E-state index contributed by atoms with van der Waals surface area (Å²) in [5, 5.41) is 11.3. The Hall–Kier alpha value is -4.09. The highest BCUT2D eigenvalue weighted by atomic mass is 19.4. The lowest BCUT2D eigenvalue weighted by molar-refractivity contribution is -0.274. The molecule has 7 rings (SSSR count). The van der Waals surface area contributed by atoms with E-state index in [2.05, 4.69) is 25.1 Å². The molecule has 1 saturated carbocycles.